The molecule has 8 heteroatoms. The van der Waals surface area contributed by atoms with Crippen molar-refractivity contribution in [3.63, 3.8) is 0 Å². The van der Waals surface area contributed by atoms with Gasteiger partial charge in [-0.25, -0.2) is 10.9 Å². The third-order valence-corrected chi connectivity index (χ3v) is 1.30. The van der Waals surface area contributed by atoms with Gasteiger partial charge in [0.2, 0.25) is 5.82 Å². The topological polar surface area (TPSA) is 116 Å². The summed E-state index contributed by atoms with van der Waals surface area (Å²) in [4.78, 5) is 12.1. The number of rotatable bonds is 3. The Morgan fingerprint density at radius 1 is 1.62 bits per heavy atom. The van der Waals surface area contributed by atoms with Gasteiger partial charge in [-0.05, 0) is 0 Å². The molecule has 0 bridgehead atoms. The molecular weight excluding hydrogens is 176 g/mol. The summed E-state index contributed by atoms with van der Waals surface area (Å²) in [6.45, 7) is 0.0706. The number of nitrogens with zero attached hydrogens (tertiary/aromatic N) is 4. The van der Waals surface area contributed by atoms with Crippen molar-refractivity contribution in [2.45, 2.75) is 6.61 Å². The van der Waals surface area contributed by atoms with Crippen molar-refractivity contribution in [3.8, 4) is 11.6 Å². The fourth-order valence-corrected chi connectivity index (χ4v) is 0.794. The van der Waals surface area contributed by atoms with Crippen LogP contribution in [0.5, 0.6) is 0 Å². The number of hydrogen-bond acceptors (Lipinski definition) is 7. The average Bonchev–Trinajstić information content (AvgIpc) is 2.70. The molecule has 0 amide bonds. The van der Waals surface area contributed by atoms with Crippen molar-refractivity contribution in [3.05, 3.63) is 12.2 Å². The molecule has 2 heterocycles. The van der Waals surface area contributed by atoms with E-state index in [0.717, 1.165) is 0 Å². The highest BCUT2D eigenvalue weighted by Gasteiger charge is 2.09. The predicted octanol–water partition coefficient (Wildman–Crippen LogP) is -0.755. The second-order valence-electron chi connectivity index (χ2n) is 2.16. The first-order chi connectivity index (χ1) is 6.40. The highest BCUT2D eigenvalue weighted by atomic mass is 16.6. The molecule has 0 saturated heterocycles. The smallest absolute Gasteiger partial charge is 0.255 e. The summed E-state index contributed by atoms with van der Waals surface area (Å²) in [5.74, 6) is 5.87. The molecule has 0 saturated carbocycles. The SMILES string of the molecule is NOCc1nc(-c2ncn[nH]2)no1. The Morgan fingerprint density at radius 3 is 3.23 bits per heavy atom. The third kappa shape index (κ3) is 1.53. The molecule has 0 aliphatic rings. The Labute approximate surface area is 72.1 Å². The summed E-state index contributed by atoms with van der Waals surface area (Å²) >= 11 is 0. The second-order valence-corrected chi connectivity index (χ2v) is 2.16. The normalized spacial score (nSPS) is 10.5. The molecular formula is C5H6N6O2. The van der Waals surface area contributed by atoms with E-state index in [0.29, 0.717) is 11.6 Å². The summed E-state index contributed by atoms with van der Waals surface area (Å²) in [6.07, 6.45) is 1.35. The minimum Gasteiger partial charge on any atom is -0.336 e. The Bertz CT molecular complexity index is 368. The van der Waals surface area contributed by atoms with Crippen LogP contribution in [-0.4, -0.2) is 25.3 Å². The standard InChI is InChI=1S/C5H6N6O2/c6-12-1-3-9-5(11-13-3)4-7-2-8-10-4/h2H,1,6H2,(H,7,8,10). The lowest BCUT2D eigenvalue weighted by Crippen LogP contribution is -1.98. The first-order valence-electron chi connectivity index (χ1n) is 3.40. The number of hydrogen-bond donors (Lipinski definition) is 2. The lowest BCUT2D eigenvalue weighted by atomic mass is 10.6. The van der Waals surface area contributed by atoms with Gasteiger partial charge in [0.25, 0.3) is 5.89 Å². The summed E-state index contributed by atoms with van der Waals surface area (Å²) in [5.41, 5.74) is 0. The number of aromatic amines is 1. The van der Waals surface area contributed by atoms with Crippen LogP contribution in [0.15, 0.2) is 10.9 Å². The molecule has 8 nitrogen and oxygen atoms in total. The zero-order chi connectivity index (χ0) is 9.10. The molecule has 0 radical (unpaired) electrons. The predicted molar refractivity (Wildman–Crippen MR) is 38.7 cm³/mol. The lowest BCUT2D eigenvalue weighted by Gasteiger charge is -1.85. The van der Waals surface area contributed by atoms with Crippen molar-refractivity contribution in [2.24, 2.45) is 5.90 Å². The quantitative estimate of drug-likeness (QED) is 0.599. The maximum atomic E-state index is 4.82. The number of H-pyrrole nitrogens is 1. The Balaban J connectivity index is 2.23. The summed E-state index contributed by atoms with van der Waals surface area (Å²) in [7, 11) is 0. The van der Waals surface area contributed by atoms with Crippen LogP contribution in [0.4, 0.5) is 0 Å². The Morgan fingerprint density at radius 2 is 2.54 bits per heavy atom. The van der Waals surface area contributed by atoms with Gasteiger partial charge in [-0.15, -0.1) is 0 Å². The average molecular weight is 182 g/mol. The molecule has 0 aromatic carbocycles. The van der Waals surface area contributed by atoms with E-state index in [4.69, 9.17) is 10.4 Å². The van der Waals surface area contributed by atoms with Crippen LogP contribution in [0.2, 0.25) is 0 Å². The Hall–Kier alpha value is -1.80. The largest absolute Gasteiger partial charge is 0.336 e. The first-order valence-corrected chi connectivity index (χ1v) is 3.40. The van der Waals surface area contributed by atoms with Gasteiger partial charge in [0.1, 0.15) is 12.9 Å². The zero-order valence-corrected chi connectivity index (χ0v) is 6.47. The monoisotopic (exact) mass is 182 g/mol. The zero-order valence-electron chi connectivity index (χ0n) is 6.47. The van der Waals surface area contributed by atoms with Gasteiger partial charge < -0.3 is 4.52 Å². The van der Waals surface area contributed by atoms with Crippen LogP contribution in [0.25, 0.3) is 11.6 Å². The van der Waals surface area contributed by atoms with E-state index in [9.17, 15) is 0 Å². The van der Waals surface area contributed by atoms with E-state index in [1.165, 1.54) is 6.33 Å². The van der Waals surface area contributed by atoms with Crippen LogP contribution >= 0.6 is 0 Å². The van der Waals surface area contributed by atoms with Gasteiger partial charge in [-0.3, -0.25) is 9.94 Å². The highest BCUT2D eigenvalue weighted by Crippen LogP contribution is 2.08. The minimum absolute atomic E-state index is 0.0706. The fraction of sp³-hybridized carbons (Fsp3) is 0.200. The molecule has 0 atom stereocenters. The molecule has 0 aliphatic heterocycles. The van der Waals surface area contributed by atoms with Crippen LogP contribution < -0.4 is 5.90 Å². The van der Waals surface area contributed by atoms with Gasteiger partial charge in [0.05, 0.1) is 0 Å². The minimum atomic E-state index is 0.0706. The number of aromatic nitrogens is 5. The lowest BCUT2D eigenvalue weighted by molar-refractivity contribution is 0.0996. The molecule has 0 unspecified atom stereocenters. The van der Waals surface area contributed by atoms with Crippen molar-refractivity contribution < 1.29 is 9.36 Å². The van der Waals surface area contributed by atoms with Crippen LogP contribution in [0, 0.1) is 0 Å². The Kier molecular flexibility index (Phi) is 1.98. The molecule has 2 aromatic rings. The molecule has 3 N–H and O–H groups in total. The van der Waals surface area contributed by atoms with Crippen molar-refractivity contribution in [1.29, 1.82) is 0 Å². The molecule has 68 valence electrons. The molecule has 0 spiro atoms. The summed E-state index contributed by atoms with van der Waals surface area (Å²) < 4.78 is 4.77. The molecule has 2 rings (SSSR count). The van der Waals surface area contributed by atoms with E-state index in [-0.39, 0.29) is 12.5 Å². The van der Waals surface area contributed by atoms with Gasteiger partial charge in [-0.1, -0.05) is 5.16 Å². The van der Waals surface area contributed by atoms with Crippen LogP contribution in [0.1, 0.15) is 5.89 Å². The van der Waals surface area contributed by atoms with E-state index in [1.807, 2.05) is 0 Å². The maximum absolute atomic E-state index is 4.82. The fourth-order valence-electron chi connectivity index (χ4n) is 0.794. The van der Waals surface area contributed by atoms with Crippen molar-refractivity contribution in [2.75, 3.05) is 0 Å². The summed E-state index contributed by atoms with van der Waals surface area (Å²) in [5, 5.41) is 9.85. The van der Waals surface area contributed by atoms with Crippen LogP contribution in [0.3, 0.4) is 0 Å². The van der Waals surface area contributed by atoms with Gasteiger partial charge in [0.15, 0.2) is 5.82 Å². The molecule has 2 aromatic heterocycles. The van der Waals surface area contributed by atoms with Gasteiger partial charge in [-0.2, -0.15) is 10.1 Å². The first kappa shape index (κ1) is 7.83. The van der Waals surface area contributed by atoms with E-state index in [1.54, 1.807) is 0 Å². The number of nitrogens with one attached hydrogen (secondary N) is 1. The van der Waals surface area contributed by atoms with Crippen molar-refractivity contribution >= 4 is 0 Å². The van der Waals surface area contributed by atoms with Gasteiger partial charge >= 0.3 is 0 Å². The van der Waals surface area contributed by atoms with Crippen LogP contribution in [-0.2, 0) is 11.4 Å². The highest BCUT2D eigenvalue weighted by molar-refractivity contribution is 5.39. The third-order valence-electron chi connectivity index (χ3n) is 1.30. The molecule has 13 heavy (non-hydrogen) atoms. The van der Waals surface area contributed by atoms with E-state index in [2.05, 4.69) is 30.2 Å². The van der Waals surface area contributed by atoms with Gasteiger partial charge in [0, 0.05) is 0 Å². The maximum Gasteiger partial charge on any atom is 0.255 e. The van der Waals surface area contributed by atoms with Crippen molar-refractivity contribution in [1.82, 2.24) is 25.3 Å². The number of nitrogens with two attached hydrogens (primary N) is 1. The van der Waals surface area contributed by atoms with E-state index >= 15 is 0 Å². The molecule has 0 fully saturated rings. The second kappa shape index (κ2) is 3.29. The summed E-state index contributed by atoms with van der Waals surface area (Å²) in [6, 6.07) is 0. The van der Waals surface area contributed by atoms with E-state index < -0.39 is 0 Å². The molecule has 0 aliphatic carbocycles.